The van der Waals surface area contributed by atoms with Crippen LogP contribution in [0.3, 0.4) is 0 Å². The monoisotopic (exact) mass is 288 g/mol. The number of amides is 1. The standard InChI is InChI=1S/C16H14F2N2O/c17-13-2-1-3-14(18)15(13)16(21)20-8-10-6-12(9-19-7-10)11-4-5-11/h1-3,6-7,9,11H,4-5,8H2,(H,20,21). The van der Waals surface area contributed by atoms with Gasteiger partial charge >= 0.3 is 0 Å². The number of carbonyl (C=O) groups is 1. The fraction of sp³-hybridized carbons (Fsp3) is 0.250. The van der Waals surface area contributed by atoms with Crippen LogP contribution in [0.2, 0.25) is 0 Å². The Morgan fingerprint density at radius 1 is 1.24 bits per heavy atom. The molecule has 0 bridgehead atoms. The number of benzene rings is 1. The molecule has 21 heavy (non-hydrogen) atoms. The molecule has 0 spiro atoms. The van der Waals surface area contributed by atoms with E-state index in [9.17, 15) is 13.6 Å². The highest BCUT2D eigenvalue weighted by Crippen LogP contribution is 2.39. The van der Waals surface area contributed by atoms with Crippen molar-refractivity contribution >= 4 is 5.91 Å². The second kappa shape index (κ2) is 5.60. The third-order valence-corrected chi connectivity index (χ3v) is 3.51. The van der Waals surface area contributed by atoms with Crippen LogP contribution in [0.15, 0.2) is 36.7 Å². The maximum absolute atomic E-state index is 13.5. The Morgan fingerprint density at radius 3 is 2.62 bits per heavy atom. The molecule has 3 rings (SSSR count). The average Bonchev–Trinajstić information content (AvgIpc) is 3.30. The lowest BCUT2D eigenvalue weighted by atomic mass is 10.1. The van der Waals surface area contributed by atoms with Crippen molar-refractivity contribution in [1.29, 1.82) is 0 Å². The molecule has 0 radical (unpaired) electrons. The molecule has 1 fully saturated rings. The van der Waals surface area contributed by atoms with Gasteiger partial charge in [0.25, 0.3) is 5.91 Å². The average molecular weight is 288 g/mol. The number of rotatable bonds is 4. The molecular weight excluding hydrogens is 274 g/mol. The van der Waals surface area contributed by atoms with Crippen molar-refractivity contribution in [2.75, 3.05) is 0 Å². The third kappa shape index (κ3) is 3.07. The van der Waals surface area contributed by atoms with Crippen LogP contribution in [0, 0.1) is 11.6 Å². The van der Waals surface area contributed by atoms with Gasteiger partial charge in [0, 0.05) is 18.9 Å². The predicted octanol–water partition coefficient (Wildman–Crippen LogP) is 3.17. The number of carbonyl (C=O) groups excluding carboxylic acids is 1. The van der Waals surface area contributed by atoms with Gasteiger partial charge in [-0.15, -0.1) is 0 Å². The number of hydrogen-bond acceptors (Lipinski definition) is 2. The van der Waals surface area contributed by atoms with E-state index >= 15 is 0 Å². The summed E-state index contributed by atoms with van der Waals surface area (Å²) in [6.45, 7) is 0.195. The maximum Gasteiger partial charge on any atom is 0.257 e. The van der Waals surface area contributed by atoms with Crippen LogP contribution in [-0.4, -0.2) is 10.9 Å². The van der Waals surface area contributed by atoms with Gasteiger partial charge in [0.2, 0.25) is 0 Å². The van der Waals surface area contributed by atoms with E-state index < -0.39 is 23.1 Å². The van der Waals surface area contributed by atoms with Gasteiger partial charge in [0.15, 0.2) is 0 Å². The van der Waals surface area contributed by atoms with Crippen molar-refractivity contribution in [1.82, 2.24) is 10.3 Å². The van der Waals surface area contributed by atoms with Crippen LogP contribution in [-0.2, 0) is 6.54 Å². The van der Waals surface area contributed by atoms with E-state index in [0.29, 0.717) is 5.92 Å². The first kappa shape index (κ1) is 13.7. The molecular formula is C16H14F2N2O. The zero-order chi connectivity index (χ0) is 14.8. The largest absolute Gasteiger partial charge is 0.348 e. The molecule has 1 aliphatic carbocycles. The first-order valence-corrected chi connectivity index (χ1v) is 6.81. The lowest BCUT2D eigenvalue weighted by Gasteiger charge is -2.08. The van der Waals surface area contributed by atoms with Gasteiger partial charge in [-0.25, -0.2) is 8.78 Å². The Balaban J connectivity index is 1.69. The summed E-state index contributed by atoms with van der Waals surface area (Å²) in [4.78, 5) is 16.0. The van der Waals surface area contributed by atoms with Crippen LogP contribution >= 0.6 is 0 Å². The van der Waals surface area contributed by atoms with Crippen LogP contribution in [0.4, 0.5) is 8.78 Å². The summed E-state index contributed by atoms with van der Waals surface area (Å²) in [6, 6.07) is 5.33. The fourth-order valence-corrected chi connectivity index (χ4v) is 2.23. The molecule has 1 aromatic carbocycles. The van der Waals surface area contributed by atoms with Crippen molar-refractivity contribution in [2.45, 2.75) is 25.3 Å². The fourth-order valence-electron chi connectivity index (χ4n) is 2.23. The summed E-state index contributed by atoms with van der Waals surface area (Å²) >= 11 is 0. The molecule has 1 N–H and O–H groups in total. The molecule has 1 heterocycles. The second-order valence-corrected chi connectivity index (χ2v) is 5.18. The van der Waals surface area contributed by atoms with Crippen molar-refractivity contribution < 1.29 is 13.6 Å². The smallest absolute Gasteiger partial charge is 0.257 e. The molecule has 108 valence electrons. The highest BCUT2D eigenvalue weighted by molar-refractivity contribution is 5.94. The van der Waals surface area contributed by atoms with Gasteiger partial charge in [-0.1, -0.05) is 12.1 Å². The van der Waals surface area contributed by atoms with Crippen LogP contribution in [0.1, 0.15) is 40.2 Å². The van der Waals surface area contributed by atoms with Crippen molar-refractivity contribution in [3.8, 4) is 0 Å². The van der Waals surface area contributed by atoms with E-state index in [1.807, 2.05) is 12.3 Å². The van der Waals surface area contributed by atoms with Gasteiger partial charge < -0.3 is 5.32 Å². The Kier molecular flexibility index (Phi) is 3.64. The van der Waals surface area contributed by atoms with Gasteiger partial charge in [-0.3, -0.25) is 9.78 Å². The minimum absolute atomic E-state index is 0.195. The predicted molar refractivity (Wildman–Crippen MR) is 73.7 cm³/mol. The normalized spacial score (nSPS) is 14.0. The van der Waals surface area contributed by atoms with E-state index in [1.54, 1.807) is 6.20 Å². The first-order valence-electron chi connectivity index (χ1n) is 6.81. The summed E-state index contributed by atoms with van der Waals surface area (Å²) in [7, 11) is 0. The van der Waals surface area contributed by atoms with E-state index in [2.05, 4.69) is 10.3 Å². The molecule has 1 aliphatic rings. The lowest BCUT2D eigenvalue weighted by Crippen LogP contribution is -2.25. The SMILES string of the molecule is O=C(NCc1cncc(C2CC2)c1)c1c(F)cccc1F. The van der Waals surface area contributed by atoms with Gasteiger partial charge in [0.1, 0.15) is 17.2 Å². The number of hydrogen-bond donors (Lipinski definition) is 1. The zero-order valence-electron chi connectivity index (χ0n) is 11.3. The number of pyridine rings is 1. The first-order chi connectivity index (χ1) is 10.1. The van der Waals surface area contributed by atoms with E-state index in [4.69, 9.17) is 0 Å². The summed E-state index contributed by atoms with van der Waals surface area (Å²) in [6.07, 6.45) is 5.79. The Hall–Kier alpha value is -2.30. The minimum atomic E-state index is -0.864. The van der Waals surface area contributed by atoms with Crippen molar-refractivity contribution in [3.63, 3.8) is 0 Å². The highest BCUT2D eigenvalue weighted by Gasteiger charge is 2.24. The Morgan fingerprint density at radius 2 is 1.95 bits per heavy atom. The molecule has 0 unspecified atom stereocenters. The quantitative estimate of drug-likeness (QED) is 0.939. The van der Waals surface area contributed by atoms with Crippen LogP contribution in [0.25, 0.3) is 0 Å². The van der Waals surface area contributed by atoms with Crippen molar-refractivity contribution in [2.24, 2.45) is 0 Å². The second-order valence-electron chi connectivity index (χ2n) is 5.18. The summed E-state index contributed by atoms with van der Waals surface area (Å²) in [5.74, 6) is -1.92. The molecule has 1 amide bonds. The number of nitrogens with one attached hydrogen (secondary N) is 1. The topological polar surface area (TPSA) is 42.0 Å². The molecule has 1 aromatic heterocycles. The summed E-state index contributed by atoms with van der Waals surface area (Å²) in [5, 5.41) is 2.52. The molecule has 0 atom stereocenters. The number of nitrogens with zero attached hydrogens (tertiary/aromatic N) is 1. The molecule has 5 heteroatoms. The van der Waals surface area contributed by atoms with Gasteiger partial charge in [-0.2, -0.15) is 0 Å². The lowest BCUT2D eigenvalue weighted by molar-refractivity contribution is 0.0942. The molecule has 3 nitrogen and oxygen atoms in total. The van der Waals surface area contributed by atoms with Gasteiger partial charge in [0.05, 0.1) is 0 Å². The highest BCUT2D eigenvalue weighted by atomic mass is 19.1. The molecule has 2 aromatic rings. The Bertz CT molecular complexity index is 663. The van der Waals surface area contributed by atoms with Crippen LogP contribution < -0.4 is 5.32 Å². The number of aromatic nitrogens is 1. The zero-order valence-corrected chi connectivity index (χ0v) is 11.3. The van der Waals surface area contributed by atoms with Crippen LogP contribution in [0.5, 0.6) is 0 Å². The molecule has 0 aliphatic heterocycles. The minimum Gasteiger partial charge on any atom is -0.348 e. The van der Waals surface area contributed by atoms with Crippen molar-refractivity contribution in [3.05, 3.63) is 65.0 Å². The number of halogens is 2. The van der Waals surface area contributed by atoms with Gasteiger partial charge in [-0.05, 0) is 42.0 Å². The van der Waals surface area contributed by atoms with E-state index in [0.717, 1.165) is 36.1 Å². The molecule has 1 saturated carbocycles. The molecule has 0 saturated heterocycles. The van der Waals surface area contributed by atoms with E-state index in [1.165, 1.54) is 6.07 Å². The maximum atomic E-state index is 13.5. The Labute approximate surface area is 121 Å². The summed E-state index contributed by atoms with van der Waals surface area (Å²) < 4.78 is 27.0. The van der Waals surface area contributed by atoms with E-state index in [-0.39, 0.29) is 6.54 Å². The summed E-state index contributed by atoms with van der Waals surface area (Å²) in [5.41, 5.74) is 1.42. The third-order valence-electron chi connectivity index (χ3n) is 3.51.